The monoisotopic (exact) mass is 628 g/mol. The maximum atomic E-state index is 12.8. The third-order valence-corrected chi connectivity index (χ3v) is 9.78. The average molecular weight is 629 g/mol. The van der Waals surface area contributed by atoms with Crippen molar-refractivity contribution >= 4 is 45.5 Å². The van der Waals surface area contributed by atoms with E-state index in [0.717, 1.165) is 112 Å². The normalized spacial score (nSPS) is 14.4. The van der Waals surface area contributed by atoms with Gasteiger partial charge in [0, 0.05) is 37.6 Å². The number of aryl methyl sites for hydroxylation is 2. The van der Waals surface area contributed by atoms with E-state index in [1.165, 1.54) is 12.8 Å². The summed E-state index contributed by atoms with van der Waals surface area (Å²) in [7, 11) is 0. The first kappa shape index (κ1) is 30.9. The number of hydrogen-bond acceptors (Lipinski definition) is 9. The fraction of sp³-hybridized carbons (Fsp3) is 0.471. The number of nitro benzene ring substituents is 2. The highest BCUT2D eigenvalue weighted by atomic mass is 32.1. The van der Waals surface area contributed by atoms with Crippen LogP contribution in [-0.4, -0.2) is 44.8 Å². The molecule has 0 unspecified atom stereocenters. The largest absolute Gasteiger partial charge is 0.371 e. The smallest absolute Gasteiger partial charge is 0.356 e. The molecule has 0 atom stereocenters. The maximum absolute atomic E-state index is 12.8. The average Bonchev–Trinajstić information content (AvgIpc) is 3.53. The maximum Gasteiger partial charge on any atom is 0.356 e. The van der Waals surface area contributed by atoms with E-state index in [9.17, 15) is 20.2 Å². The van der Waals surface area contributed by atoms with E-state index in [2.05, 4.69) is 32.4 Å². The molecule has 3 aromatic carbocycles. The summed E-state index contributed by atoms with van der Waals surface area (Å²) in [5.41, 5.74) is 5.58. The molecular formula is C34H40N6O4S. The predicted molar refractivity (Wildman–Crippen MR) is 182 cm³/mol. The Morgan fingerprint density at radius 3 is 1.56 bits per heavy atom. The molecule has 45 heavy (non-hydrogen) atoms. The van der Waals surface area contributed by atoms with Crippen LogP contribution in [0, 0.1) is 20.2 Å². The molecule has 0 saturated heterocycles. The second-order valence-electron chi connectivity index (χ2n) is 12.2. The lowest BCUT2D eigenvalue weighted by Crippen LogP contribution is -2.30. The van der Waals surface area contributed by atoms with E-state index < -0.39 is 21.2 Å². The zero-order valence-corrected chi connectivity index (χ0v) is 26.9. The highest BCUT2D eigenvalue weighted by Gasteiger charge is 2.39. The molecule has 0 aliphatic carbocycles. The van der Waals surface area contributed by atoms with Gasteiger partial charge in [0.2, 0.25) is 0 Å². The summed E-state index contributed by atoms with van der Waals surface area (Å²) in [6, 6.07) is 11.7. The molecule has 0 bridgehead atoms. The van der Waals surface area contributed by atoms with E-state index in [1.807, 2.05) is 36.4 Å². The number of hydrogen-bond donors (Lipinski definition) is 0. The highest BCUT2D eigenvalue weighted by molar-refractivity contribution is 7.00. The molecule has 0 spiro atoms. The topological polar surface area (TPSA) is 119 Å². The molecule has 2 aliphatic heterocycles. The van der Waals surface area contributed by atoms with Gasteiger partial charge in [0.1, 0.15) is 11.0 Å². The van der Waals surface area contributed by atoms with E-state index in [4.69, 9.17) is 0 Å². The summed E-state index contributed by atoms with van der Waals surface area (Å²) in [5.74, 6) is 0. The zero-order valence-electron chi connectivity index (χ0n) is 26.1. The summed E-state index contributed by atoms with van der Waals surface area (Å²) >= 11 is 0.930. The summed E-state index contributed by atoms with van der Waals surface area (Å²) < 4.78 is 9.06. The van der Waals surface area contributed by atoms with Gasteiger partial charge >= 0.3 is 11.4 Å². The van der Waals surface area contributed by atoms with Gasteiger partial charge in [-0.1, -0.05) is 51.7 Å². The number of fused-ring (bicyclic) bond motifs is 3. The van der Waals surface area contributed by atoms with Crippen LogP contribution in [0.25, 0.3) is 33.3 Å². The minimum atomic E-state index is -0.611. The van der Waals surface area contributed by atoms with Crippen LogP contribution in [0.4, 0.5) is 22.7 Å². The van der Waals surface area contributed by atoms with E-state index >= 15 is 0 Å². The van der Waals surface area contributed by atoms with Crippen LogP contribution in [0.2, 0.25) is 0 Å². The Kier molecular flexibility index (Phi) is 9.25. The Labute approximate surface area is 267 Å². The molecule has 1 aromatic heterocycles. The minimum absolute atomic E-state index is 0.171. The molecule has 6 rings (SSSR count). The first-order valence-corrected chi connectivity index (χ1v) is 17.0. The molecule has 0 saturated carbocycles. The van der Waals surface area contributed by atoms with Crippen molar-refractivity contribution in [1.29, 1.82) is 0 Å². The minimum Gasteiger partial charge on any atom is -0.371 e. The van der Waals surface area contributed by atoms with Crippen LogP contribution >= 0.6 is 11.7 Å². The van der Waals surface area contributed by atoms with Gasteiger partial charge < -0.3 is 9.80 Å². The van der Waals surface area contributed by atoms with Crippen molar-refractivity contribution in [3.63, 3.8) is 0 Å². The fourth-order valence-electron chi connectivity index (χ4n) is 7.11. The van der Waals surface area contributed by atoms with Crippen molar-refractivity contribution in [2.24, 2.45) is 0 Å². The van der Waals surface area contributed by atoms with Crippen molar-refractivity contribution in [2.45, 2.75) is 78.1 Å². The molecule has 3 heterocycles. The van der Waals surface area contributed by atoms with Gasteiger partial charge in [0.25, 0.3) is 0 Å². The molecule has 11 heteroatoms. The molecule has 10 nitrogen and oxygen atoms in total. The standard InChI is InChI=1S/C34H40N6O4S/c1-3-5-7-17-37-19-9-11-23-21-25(13-15-27(23)37)29-31-32(36-45-35-31)30(34(40(43)44)33(29)39(41)42)26-14-16-28-24(22-26)12-10-20-38(28)18-8-6-4-2/h13-16,21-22H,3-12,17-20H2,1-2H3. The number of benzene rings is 3. The second kappa shape index (κ2) is 13.5. The van der Waals surface area contributed by atoms with Crippen molar-refractivity contribution in [1.82, 2.24) is 8.75 Å². The lowest BCUT2D eigenvalue weighted by molar-refractivity contribution is -0.421. The first-order chi connectivity index (χ1) is 21.9. The molecule has 0 N–H and O–H groups in total. The van der Waals surface area contributed by atoms with Crippen LogP contribution < -0.4 is 9.80 Å². The quantitative estimate of drug-likeness (QED) is 0.0868. The molecule has 4 aromatic rings. The van der Waals surface area contributed by atoms with Crippen LogP contribution in [-0.2, 0) is 12.8 Å². The number of nitrogens with zero attached hydrogens (tertiary/aromatic N) is 6. The Bertz CT molecular complexity index is 1610. The molecule has 0 fully saturated rings. The molecule has 236 valence electrons. The predicted octanol–water partition coefficient (Wildman–Crippen LogP) is 8.73. The van der Waals surface area contributed by atoms with Crippen LogP contribution in [0.1, 0.15) is 76.3 Å². The van der Waals surface area contributed by atoms with Gasteiger partial charge in [0.05, 0.1) is 32.7 Å². The van der Waals surface area contributed by atoms with Crippen LogP contribution in [0.15, 0.2) is 36.4 Å². The fourth-order valence-corrected chi connectivity index (χ4v) is 7.67. The number of anilines is 2. The molecule has 2 aliphatic rings. The number of aromatic nitrogens is 2. The summed E-state index contributed by atoms with van der Waals surface area (Å²) in [6.45, 7) is 8.28. The summed E-state index contributed by atoms with van der Waals surface area (Å²) in [6.07, 6.45) is 10.6. The van der Waals surface area contributed by atoms with Crippen molar-refractivity contribution in [2.75, 3.05) is 36.0 Å². The van der Waals surface area contributed by atoms with Gasteiger partial charge in [0.15, 0.2) is 0 Å². The Balaban J connectivity index is 1.49. The van der Waals surface area contributed by atoms with Gasteiger partial charge in [-0.3, -0.25) is 20.2 Å². The van der Waals surface area contributed by atoms with Gasteiger partial charge in [-0.2, -0.15) is 8.75 Å². The SMILES string of the molecule is CCCCCN1CCCc2cc(-c3c([N+](=O)[O-])c([N+](=O)[O-])c(-c4ccc5c(c4)CCCN5CCCCC)c4nsnc34)ccc21. The van der Waals surface area contributed by atoms with E-state index in [1.54, 1.807) is 0 Å². The zero-order chi connectivity index (χ0) is 31.5. The Morgan fingerprint density at radius 2 is 1.16 bits per heavy atom. The Hall–Kier alpha value is -4.12. The van der Waals surface area contributed by atoms with Crippen molar-refractivity contribution < 1.29 is 9.85 Å². The van der Waals surface area contributed by atoms with Crippen LogP contribution in [0.5, 0.6) is 0 Å². The number of unbranched alkanes of at least 4 members (excludes halogenated alkanes) is 4. The van der Waals surface area contributed by atoms with Crippen molar-refractivity contribution in [3.8, 4) is 22.3 Å². The lowest BCUT2D eigenvalue weighted by Gasteiger charge is -2.32. The van der Waals surface area contributed by atoms with Gasteiger partial charge in [-0.05, 0) is 85.0 Å². The first-order valence-electron chi connectivity index (χ1n) is 16.3. The van der Waals surface area contributed by atoms with Crippen LogP contribution in [0.3, 0.4) is 0 Å². The second-order valence-corrected chi connectivity index (χ2v) is 12.7. The number of nitro groups is 2. The molecular weight excluding hydrogens is 588 g/mol. The van der Waals surface area contributed by atoms with Gasteiger partial charge in [-0.15, -0.1) is 0 Å². The summed E-state index contributed by atoms with van der Waals surface area (Å²) in [4.78, 5) is 29.2. The lowest BCUT2D eigenvalue weighted by atomic mass is 9.90. The summed E-state index contributed by atoms with van der Waals surface area (Å²) in [5, 5.41) is 25.6. The molecule has 0 amide bonds. The third kappa shape index (κ3) is 5.97. The van der Waals surface area contributed by atoms with E-state index in [0.29, 0.717) is 22.2 Å². The van der Waals surface area contributed by atoms with E-state index in [-0.39, 0.29) is 11.1 Å². The number of rotatable bonds is 12. The van der Waals surface area contributed by atoms with Crippen molar-refractivity contribution in [3.05, 3.63) is 67.8 Å². The molecule has 0 radical (unpaired) electrons. The third-order valence-electron chi connectivity index (χ3n) is 9.25. The highest BCUT2D eigenvalue weighted by Crippen LogP contribution is 2.50. The van der Waals surface area contributed by atoms with Gasteiger partial charge in [-0.25, -0.2) is 0 Å². The Morgan fingerprint density at radius 1 is 0.711 bits per heavy atom.